The average molecular weight is 275 g/mol. The van der Waals surface area contributed by atoms with Crippen LogP contribution in [0.25, 0.3) is 0 Å². The van der Waals surface area contributed by atoms with Gasteiger partial charge in [-0.15, -0.1) is 5.10 Å². The summed E-state index contributed by atoms with van der Waals surface area (Å²) in [6.07, 6.45) is 0.0344. The molecule has 2 rings (SSSR count). The number of carboxylic acids is 1. The Hall–Kier alpha value is -1.95. The summed E-state index contributed by atoms with van der Waals surface area (Å²) < 4.78 is 0. The maximum atomic E-state index is 10.6. The molecule has 0 unspecified atom stereocenters. The Bertz CT molecular complexity index is 599. The fourth-order valence-corrected chi connectivity index (χ4v) is 2.18. The third-order valence-electron chi connectivity index (χ3n) is 2.56. The summed E-state index contributed by atoms with van der Waals surface area (Å²) in [5.74, 6) is -0.831. The average Bonchev–Trinajstić information content (AvgIpc) is 2.36. The molecule has 0 saturated carbocycles. The number of hydrogen-bond acceptors (Lipinski definition) is 5. The quantitative estimate of drug-likeness (QED) is 0.922. The highest BCUT2D eigenvalue weighted by molar-refractivity contribution is 7.99. The molecule has 2 aromatic rings. The maximum Gasteiger partial charge on any atom is 0.307 e. The molecule has 0 fully saturated rings. The minimum absolute atomic E-state index is 0.0344. The Labute approximate surface area is 115 Å². The molecule has 0 saturated heterocycles. The molecule has 5 nitrogen and oxygen atoms in total. The van der Waals surface area contributed by atoms with Crippen molar-refractivity contribution >= 4 is 17.7 Å². The Morgan fingerprint density at radius 2 is 1.84 bits per heavy atom. The predicted octanol–water partition coefficient (Wildman–Crippen LogP) is 2.27. The standard InChI is InChI=1S/C13H13N3O2S/c1-8-9(2)15-16-13(14-8)19-11-5-3-10(4-6-11)7-12(17)18/h3-6H,7H2,1-2H3,(H,17,18). The zero-order chi connectivity index (χ0) is 13.8. The number of aromatic nitrogens is 3. The lowest BCUT2D eigenvalue weighted by atomic mass is 10.2. The summed E-state index contributed by atoms with van der Waals surface area (Å²) in [5.41, 5.74) is 2.46. The highest BCUT2D eigenvalue weighted by atomic mass is 32.2. The normalized spacial score (nSPS) is 10.4. The van der Waals surface area contributed by atoms with E-state index in [4.69, 9.17) is 5.11 Å². The van der Waals surface area contributed by atoms with Crippen molar-refractivity contribution in [2.45, 2.75) is 30.3 Å². The van der Waals surface area contributed by atoms with Crippen LogP contribution in [0.5, 0.6) is 0 Å². The van der Waals surface area contributed by atoms with Gasteiger partial charge >= 0.3 is 5.97 Å². The van der Waals surface area contributed by atoms with Crippen molar-refractivity contribution in [3.05, 3.63) is 41.2 Å². The molecule has 0 amide bonds. The second-order valence-electron chi connectivity index (χ2n) is 4.08. The highest BCUT2D eigenvalue weighted by Gasteiger charge is 2.05. The van der Waals surface area contributed by atoms with Gasteiger partial charge in [-0.25, -0.2) is 4.98 Å². The van der Waals surface area contributed by atoms with Gasteiger partial charge in [0.1, 0.15) is 0 Å². The van der Waals surface area contributed by atoms with E-state index in [1.54, 1.807) is 12.1 Å². The molecule has 1 aromatic heterocycles. The molecule has 0 aliphatic carbocycles. The second-order valence-corrected chi connectivity index (χ2v) is 5.12. The van der Waals surface area contributed by atoms with Gasteiger partial charge in [0.2, 0.25) is 5.16 Å². The lowest BCUT2D eigenvalue weighted by molar-refractivity contribution is -0.136. The second kappa shape index (κ2) is 5.79. The van der Waals surface area contributed by atoms with Crippen molar-refractivity contribution in [1.29, 1.82) is 0 Å². The molecule has 0 spiro atoms. The Morgan fingerprint density at radius 3 is 2.42 bits per heavy atom. The topological polar surface area (TPSA) is 76.0 Å². The van der Waals surface area contributed by atoms with Crippen LogP contribution in [-0.4, -0.2) is 26.3 Å². The summed E-state index contributed by atoms with van der Waals surface area (Å²) in [4.78, 5) is 15.9. The van der Waals surface area contributed by atoms with Crippen LogP contribution in [0.1, 0.15) is 17.0 Å². The first kappa shape index (κ1) is 13.5. The largest absolute Gasteiger partial charge is 0.481 e. The van der Waals surface area contributed by atoms with Gasteiger partial charge in [-0.05, 0) is 43.3 Å². The molecule has 6 heteroatoms. The van der Waals surface area contributed by atoms with E-state index in [2.05, 4.69) is 15.2 Å². The Balaban J connectivity index is 2.10. The molecule has 98 valence electrons. The molecule has 0 radical (unpaired) electrons. The van der Waals surface area contributed by atoms with E-state index < -0.39 is 5.97 Å². The van der Waals surface area contributed by atoms with Gasteiger partial charge in [0.05, 0.1) is 17.8 Å². The van der Waals surface area contributed by atoms with Gasteiger partial charge < -0.3 is 5.11 Å². The van der Waals surface area contributed by atoms with E-state index in [9.17, 15) is 4.79 Å². The number of benzene rings is 1. The Kier molecular flexibility index (Phi) is 4.11. The molecule has 0 bridgehead atoms. The lowest BCUT2D eigenvalue weighted by Gasteiger charge is -2.03. The number of aliphatic carboxylic acids is 1. The first-order valence-electron chi connectivity index (χ1n) is 5.71. The molecular weight excluding hydrogens is 262 g/mol. The van der Waals surface area contributed by atoms with Crippen LogP contribution in [-0.2, 0) is 11.2 Å². The summed E-state index contributed by atoms with van der Waals surface area (Å²) in [6.45, 7) is 3.76. The minimum atomic E-state index is -0.831. The van der Waals surface area contributed by atoms with Gasteiger partial charge in [-0.1, -0.05) is 12.1 Å². The Morgan fingerprint density at radius 1 is 1.16 bits per heavy atom. The van der Waals surface area contributed by atoms with Gasteiger partial charge in [-0.3, -0.25) is 4.79 Å². The molecule has 19 heavy (non-hydrogen) atoms. The summed E-state index contributed by atoms with van der Waals surface area (Å²) >= 11 is 1.41. The smallest absolute Gasteiger partial charge is 0.307 e. The van der Waals surface area contributed by atoms with Crippen LogP contribution in [0.3, 0.4) is 0 Å². The molecule has 1 N–H and O–H groups in total. The molecule has 1 aromatic carbocycles. The highest BCUT2D eigenvalue weighted by Crippen LogP contribution is 2.24. The summed E-state index contributed by atoms with van der Waals surface area (Å²) in [5, 5.41) is 17.3. The molecule has 1 heterocycles. The van der Waals surface area contributed by atoms with Crippen LogP contribution in [0.2, 0.25) is 0 Å². The van der Waals surface area contributed by atoms with Crippen molar-refractivity contribution < 1.29 is 9.90 Å². The molecule has 0 aliphatic heterocycles. The number of aryl methyl sites for hydroxylation is 2. The molecule has 0 atom stereocenters. The van der Waals surface area contributed by atoms with E-state index in [1.165, 1.54) is 11.8 Å². The van der Waals surface area contributed by atoms with E-state index in [0.29, 0.717) is 5.16 Å². The van der Waals surface area contributed by atoms with E-state index in [1.807, 2.05) is 26.0 Å². The van der Waals surface area contributed by atoms with Gasteiger partial charge in [0, 0.05) is 4.90 Å². The number of rotatable bonds is 4. The first-order valence-corrected chi connectivity index (χ1v) is 6.53. The van der Waals surface area contributed by atoms with Gasteiger partial charge in [0.15, 0.2) is 0 Å². The fourth-order valence-electron chi connectivity index (χ4n) is 1.44. The lowest BCUT2D eigenvalue weighted by Crippen LogP contribution is -1.99. The van der Waals surface area contributed by atoms with Crippen LogP contribution in [0.15, 0.2) is 34.3 Å². The monoisotopic (exact) mass is 275 g/mol. The summed E-state index contributed by atoms with van der Waals surface area (Å²) in [7, 11) is 0. The fraction of sp³-hybridized carbons (Fsp3) is 0.231. The third-order valence-corrected chi connectivity index (χ3v) is 3.42. The first-order chi connectivity index (χ1) is 9.04. The number of carbonyl (C=O) groups is 1. The van der Waals surface area contributed by atoms with Crippen molar-refractivity contribution in [3.8, 4) is 0 Å². The summed E-state index contributed by atoms with van der Waals surface area (Å²) in [6, 6.07) is 7.32. The van der Waals surface area contributed by atoms with Gasteiger partial charge in [-0.2, -0.15) is 5.10 Å². The van der Waals surface area contributed by atoms with Crippen LogP contribution in [0.4, 0.5) is 0 Å². The SMILES string of the molecule is Cc1nnc(Sc2ccc(CC(=O)O)cc2)nc1C. The molecule has 0 aliphatic rings. The van der Waals surface area contributed by atoms with Crippen molar-refractivity contribution in [1.82, 2.24) is 15.2 Å². The zero-order valence-electron chi connectivity index (χ0n) is 10.6. The van der Waals surface area contributed by atoms with Crippen LogP contribution in [0, 0.1) is 13.8 Å². The van der Waals surface area contributed by atoms with Crippen LogP contribution >= 0.6 is 11.8 Å². The van der Waals surface area contributed by atoms with Crippen molar-refractivity contribution in [2.75, 3.05) is 0 Å². The molecular formula is C13H13N3O2S. The maximum absolute atomic E-state index is 10.6. The van der Waals surface area contributed by atoms with Gasteiger partial charge in [0.25, 0.3) is 0 Å². The zero-order valence-corrected chi connectivity index (χ0v) is 11.4. The minimum Gasteiger partial charge on any atom is -0.481 e. The van der Waals surface area contributed by atoms with E-state index in [0.717, 1.165) is 21.8 Å². The predicted molar refractivity (Wildman–Crippen MR) is 71.2 cm³/mol. The number of carboxylic acid groups (broad SMARTS) is 1. The number of hydrogen-bond donors (Lipinski definition) is 1. The van der Waals surface area contributed by atoms with E-state index >= 15 is 0 Å². The van der Waals surface area contributed by atoms with Crippen molar-refractivity contribution in [2.24, 2.45) is 0 Å². The van der Waals surface area contributed by atoms with Crippen molar-refractivity contribution in [3.63, 3.8) is 0 Å². The van der Waals surface area contributed by atoms with E-state index in [-0.39, 0.29) is 6.42 Å². The van der Waals surface area contributed by atoms with Crippen LogP contribution < -0.4 is 0 Å². The number of nitrogens with zero attached hydrogens (tertiary/aromatic N) is 3. The third kappa shape index (κ3) is 3.75.